The molecule has 1 aliphatic carbocycles. The molecule has 0 aromatic carbocycles. The number of oxazole rings is 1. The van der Waals surface area contributed by atoms with Crippen molar-refractivity contribution in [1.82, 2.24) is 4.98 Å². The van der Waals surface area contributed by atoms with E-state index in [2.05, 4.69) is 24.1 Å². The van der Waals surface area contributed by atoms with Crippen LogP contribution in [0, 0.1) is 11.3 Å². The summed E-state index contributed by atoms with van der Waals surface area (Å²) >= 11 is 0. The fourth-order valence-corrected chi connectivity index (χ4v) is 2.02. The van der Waals surface area contributed by atoms with Crippen LogP contribution in [-0.2, 0) is 4.74 Å². The van der Waals surface area contributed by atoms with Gasteiger partial charge in [-0.15, -0.1) is 0 Å². The first-order chi connectivity index (χ1) is 8.57. The van der Waals surface area contributed by atoms with Gasteiger partial charge < -0.3 is 14.5 Å². The molecule has 0 aliphatic heterocycles. The molecule has 0 atom stereocenters. The first-order valence-electron chi connectivity index (χ1n) is 6.44. The fraction of sp³-hybridized carbons (Fsp3) is 0.692. The van der Waals surface area contributed by atoms with E-state index in [0.717, 1.165) is 6.54 Å². The smallest absolute Gasteiger partial charge is 0.360 e. The molecule has 2 rings (SSSR count). The lowest BCUT2D eigenvalue weighted by molar-refractivity contribution is 0.0519. The highest BCUT2D eigenvalue weighted by Crippen LogP contribution is 2.51. The summed E-state index contributed by atoms with van der Waals surface area (Å²) in [6.45, 7) is 7.40. The van der Waals surface area contributed by atoms with Crippen LogP contribution in [0.3, 0.4) is 0 Å². The van der Waals surface area contributed by atoms with Crippen molar-refractivity contribution in [2.24, 2.45) is 11.3 Å². The second kappa shape index (κ2) is 5.00. The van der Waals surface area contributed by atoms with Gasteiger partial charge >= 0.3 is 5.97 Å². The standard InChI is InChI=1S/C13H20N2O3/c1-4-17-11(16)10-7-18-12(15-10)14-8-13(5-6-13)9(2)3/h7,9H,4-6,8H2,1-3H3,(H,14,15). The molecule has 1 fully saturated rings. The van der Waals surface area contributed by atoms with Crippen LogP contribution in [0.1, 0.15) is 44.1 Å². The molecule has 1 aromatic rings. The molecular weight excluding hydrogens is 232 g/mol. The van der Waals surface area contributed by atoms with E-state index in [1.54, 1.807) is 6.92 Å². The molecule has 0 bridgehead atoms. The molecule has 0 amide bonds. The first-order valence-corrected chi connectivity index (χ1v) is 6.44. The molecule has 1 N–H and O–H groups in total. The van der Waals surface area contributed by atoms with Crippen LogP contribution in [0.5, 0.6) is 0 Å². The SMILES string of the molecule is CCOC(=O)c1coc(NCC2(C(C)C)CC2)n1. The Morgan fingerprint density at radius 1 is 1.61 bits per heavy atom. The summed E-state index contributed by atoms with van der Waals surface area (Å²) in [4.78, 5) is 15.5. The normalized spacial score (nSPS) is 16.7. The number of anilines is 1. The maximum atomic E-state index is 11.4. The monoisotopic (exact) mass is 252 g/mol. The van der Waals surface area contributed by atoms with Gasteiger partial charge in [0, 0.05) is 6.54 Å². The van der Waals surface area contributed by atoms with E-state index >= 15 is 0 Å². The average Bonchev–Trinajstić information content (AvgIpc) is 2.98. The number of aromatic nitrogens is 1. The Kier molecular flexibility index (Phi) is 3.59. The molecule has 1 heterocycles. The molecule has 100 valence electrons. The van der Waals surface area contributed by atoms with Gasteiger partial charge in [-0.1, -0.05) is 13.8 Å². The topological polar surface area (TPSA) is 64.4 Å². The minimum atomic E-state index is -0.445. The predicted octanol–water partition coefficient (Wildman–Crippen LogP) is 2.70. The van der Waals surface area contributed by atoms with Gasteiger partial charge in [0.25, 0.3) is 6.01 Å². The molecule has 0 spiro atoms. The fourth-order valence-electron chi connectivity index (χ4n) is 2.02. The molecule has 0 unspecified atom stereocenters. The Labute approximate surface area is 107 Å². The van der Waals surface area contributed by atoms with E-state index in [-0.39, 0.29) is 5.69 Å². The van der Waals surface area contributed by atoms with Crippen LogP contribution in [0.25, 0.3) is 0 Å². The minimum Gasteiger partial charge on any atom is -0.461 e. The third-order valence-electron chi connectivity index (χ3n) is 3.70. The summed E-state index contributed by atoms with van der Waals surface area (Å²) in [5.74, 6) is 0.198. The first kappa shape index (κ1) is 12.9. The summed E-state index contributed by atoms with van der Waals surface area (Å²) in [6.07, 6.45) is 3.81. The van der Waals surface area contributed by atoms with Gasteiger partial charge in [0.15, 0.2) is 5.69 Å². The van der Waals surface area contributed by atoms with E-state index in [1.807, 2.05) is 0 Å². The van der Waals surface area contributed by atoms with Crippen molar-refractivity contribution in [3.63, 3.8) is 0 Å². The zero-order valence-corrected chi connectivity index (χ0v) is 11.2. The Morgan fingerprint density at radius 3 is 2.89 bits per heavy atom. The van der Waals surface area contributed by atoms with Gasteiger partial charge in [-0.2, -0.15) is 4.98 Å². The maximum absolute atomic E-state index is 11.4. The average molecular weight is 252 g/mol. The lowest BCUT2D eigenvalue weighted by atomic mass is 9.92. The summed E-state index contributed by atoms with van der Waals surface area (Å²) in [5.41, 5.74) is 0.590. The maximum Gasteiger partial charge on any atom is 0.360 e. The Hall–Kier alpha value is -1.52. The van der Waals surface area contributed by atoms with Crippen molar-refractivity contribution >= 4 is 12.0 Å². The number of hydrogen-bond donors (Lipinski definition) is 1. The largest absolute Gasteiger partial charge is 0.461 e. The van der Waals surface area contributed by atoms with Crippen molar-refractivity contribution in [1.29, 1.82) is 0 Å². The number of carbonyl (C=O) groups is 1. The lowest BCUT2D eigenvalue weighted by Crippen LogP contribution is -2.21. The van der Waals surface area contributed by atoms with Gasteiger partial charge in [0.1, 0.15) is 6.26 Å². The highest BCUT2D eigenvalue weighted by atomic mass is 16.5. The van der Waals surface area contributed by atoms with Gasteiger partial charge in [-0.25, -0.2) is 4.79 Å². The van der Waals surface area contributed by atoms with Crippen molar-refractivity contribution in [3.8, 4) is 0 Å². The van der Waals surface area contributed by atoms with Crippen LogP contribution >= 0.6 is 0 Å². The summed E-state index contributed by atoms with van der Waals surface area (Å²) in [6, 6.07) is 0.393. The third kappa shape index (κ3) is 2.66. The number of hydrogen-bond acceptors (Lipinski definition) is 5. The van der Waals surface area contributed by atoms with Crippen LogP contribution in [0.2, 0.25) is 0 Å². The number of nitrogens with zero attached hydrogens (tertiary/aromatic N) is 1. The van der Waals surface area contributed by atoms with Crippen LogP contribution in [0.4, 0.5) is 6.01 Å². The van der Waals surface area contributed by atoms with E-state index in [1.165, 1.54) is 19.1 Å². The van der Waals surface area contributed by atoms with Crippen molar-refractivity contribution in [2.45, 2.75) is 33.6 Å². The number of ether oxygens (including phenoxy) is 1. The van der Waals surface area contributed by atoms with Gasteiger partial charge in [-0.3, -0.25) is 0 Å². The highest BCUT2D eigenvalue weighted by molar-refractivity contribution is 5.87. The molecule has 1 aliphatic rings. The zero-order chi connectivity index (χ0) is 13.2. The van der Waals surface area contributed by atoms with Crippen molar-refractivity contribution < 1.29 is 13.9 Å². The Balaban J connectivity index is 1.89. The molecular formula is C13H20N2O3. The second-order valence-corrected chi connectivity index (χ2v) is 5.13. The number of esters is 1. The van der Waals surface area contributed by atoms with Crippen LogP contribution in [-0.4, -0.2) is 24.1 Å². The van der Waals surface area contributed by atoms with Crippen molar-refractivity contribution in [3.05, 3.63) is 12.0 Å². The zero-order valence-electron chi connectivity index (χ0n) is 11.2. The van der Waals surface area contributed by atoms with Gasteiger partial charge in [0.2, 0.25) is 0 Å². The predicted molar refractivity (Wildman–Crippen MR) is 67.5 cm³/mol. The third-order valence-corrected chi connectivity index (χ3v) is 3.70. The van der Waals surface area contributed by atoms with E-state index in [0.29, 0.717) is 24.0 Å². The van der Waals surface area contributed by atoms with Gasteiger partial charge in [0.05, 0.1) is 6.61 Å². The lowest BCUT2D eigenvalue weighted by Gasteiger charge is -2.19. The van der Waals surface area contributed by atoms with E-state index in [9.17, 15) is 4.79 Å². The molecule has 5 nitrogen and oxygen atoms in total. The van der Waals surface area contributed by atoms with Crippen LogP contribution < -0.4 is 5.32 Å². The molecule has 0 radical (unpaired) electrons. The molecule has 5 heteroatoms. The summed E-state index contributed by atoms with van der Waals surface area (Å²) < 4.78 is 10.1. The molecule has 18 heavy (non-hydrogen) atoms. The number of nitrogens with one attached hydrogen (secondary N) is 1. The van der Waals surface area contributed by atoms with Crippen molar-refractivity contribution in [2.75, 3.05) is 18.5 Å². The molecule has 0 saturated heterocycles. The highest BCUT2D eigenvalue weighted by Gasteiger charge is 2.45. The molecule has 1 aromatic heterocycles. The molecule has 1 saturated carbocycles. The second-order valence-electron chi connectivity index (χ2n) is 5.13. The van der Waals surface area contributed by atoms with E-state index < -0.39 is 5.97 Å². The quantitative estimate of drug-likeness (QED) is 0.788. The van der Waals surface area contributed by atoms with Crippen LogP contribution in [0.15, 0.2) is 10.7 Å². The van der Waals surface area contributed by atoms with E-state index in [4.69, 9.17) is 9.15 Å². The Morgan fingerprint density at radius 2 is 2.33 bits per heavy atom. The summed E-state index contributed by atoms with van der Waals surface area (Å²) in [5, 5.41) is 3.16. The summed E-state index contributed by atoms with van der Waals surface area (Å²) in [7, 11) is 0. The number of carbonyl (C=O) groups excluding carboxylic acids is 1. The Bertz CT molecular complexity index is 422. The minimum absolute atomic E-state index is 0.216. The number of rotatable bonds is 6. The van der Waals surface area contributed by atoms with Gasteiger partial charge in [-0.05, 0) is 31.1 Å².